The Morgan fingerprint density at radius 3 is 2.33 bits per heavy atom. The van der Waals surface area contributed by atoms with Crippen molar-refractivity contribution in [2.24, 2.45) is 5.92 Å². The second-order valence-corrected chi connectivity index (χ2v) is 2.33. The van der Waals surface area contributed by atoms with Gasteiger partial charge < -0.3 is 9.90 Å². The van der Waals surface area contributed by atoms with Crippen molar-refractivity contribution in [1.29, 1.82) is 0 Å². The SMILES string of the molecule is CCCC(C=O)[C@H](C)O. The summed E-state index contributed by atoms with van der Waals surface area (Å²) in [5.41, 5.74) is 0. The molecule has 9 heavy (non-hydrogen) atoms. The van der Waals surface area contributed by atoms with Crippen LogP contribution in [-0.4, -0.2) is 17.5 Å². The van der Waals surface area contributed by atoms with Crippen LogP contribution in [0.25, 0.3) is 0 Å². The van der Waals surface area contributed by atoms with Crippen LogP contribution in [0.2, 0.25) is 0 Å². The minimum atomic E-state index is -0.484. The zero-order valence-electron chi connectivity index (χ0n) is 6.00. The molecule has 0 spiro atoms. The third kappa shape index (κ3) is 3.25. The van der Waals surface area contributed by atoms with Gasteiger partial charge in [0.05, 0.1) is 6.10 Å². The Morgan fingerprint density at radius 1 is 1.67 bits per heavy atom. The minimum Gasteiger partial charge on any atom is -0.393 e. The second-order valence-electron chi connectivity index (χ2n) is 2.33. The molecule has 0 fully saturated rings. The number of aliphatic hydroxyl groups is 1. The summed E-state index contributed by atoms with van der Waals surface area (Å²) in [5.74, 6) is -0.157. The lowest BCUT2D eigenvalue weighted by Crippen LogP contribution is -2.17. The van der Waals surface area contributed by atoms with Gasteiger partial charge in [-0.3, -0.25) is 0 Å². The quantitative estimate of drug-likeness (QED) is 0.576. The molecule has 0 aliphatic rings. The van der Waals surface area contributed by atoms with Crippen molar-refractivity contribution in [1.82, 2.24) is 0 Å². The molecule has 0 rings (SSSR count). The molecular weight excluding hydrogens is 116 g/mol. The van der Waals surface area contributed by atoms with E-state index >= 15 is 0 Å². The summed E-state index contributed by atoms with van der Waals surface area (Å²) in [6, 6.07) is 0. The zero-order valence-corrected chi connectivity index (χ0v) is 6.00. The molecule has 0 bridgehead atoms. The Balaban J connectivity index is 3.54. The molecule has 54 valence electrons. The van der Waals surface area contributed by atoms with Crippen molar-refractivity contribution < 1.29 is 9.90 Å². The van der Waals surface area contributed by atoms with Crippen LogP contribution in [0.5, 0.6) is 0 Å². The van der Waals surface area contributed by atoms with Gasteiger partial charge in [0.1, 0.15) is 6.29 Å². The summed E-state index contributed by atoms with van der Waals surface area (Å²) in [7, 11) is 0. The third-order valence-electron chi connectivity index (χ3n) is 1.42. The fourth-order valence-corrected chi connectivity index (χ4v) is 0.756. The van der Waals surface area contributed by atoms with E-state index in [1.165, 1.54) is 0 Å². The molecule has 2 atom stereocenters. The average molecular weight is 130 g/mol. The van der Waals surface area contributed by atoms with Crippen molar-refractivity contribution in [3.8, 4) is 0 Å². The van der Waals surface area contributed by atoms with Crippen LogP contribution in [0.3, 0.4) is 0 Å². The molecular formula is C7H14O2. The largest absolute Gasteiger partial charge is 0.393 e. The lowest BCUT2D eigenvalue weighted by atomic mass is 10.0. The monoisotopic (exact) mass is 130 g/mol. The van der Waals surface area contributed by atoms with Crippen molar-refractivity contribution in [2.45, 2.75) is 32.8 Å². The van der Waals surface area contributed by atoms with E-state index in [-0.39, 0.29) is 5.92 Å². The summed E-state index contributed by atoms with van der Waals surface area (Å²) in [6.45, 7) is 3.65. The van der Waals surface area contributed by atoms with E-state index in [9.17, 15) is 4.79 Å². The maximum Gasteiger partial charge on any atom is 0.125 e. The average Bonchev–Trinajstić information content (AvgIpc) is 1.82. The highest BCUT2D eigenvalue weighted by Gasteiger charge is 2.11. The molecule has 0 aliphatic heterocycles. The first-order chi connectivity index (χ1) is 4.22. The Bertz CT molecular complexity index is 79.0. The van der Waals surface area contributed by atoms with Crippen LogP contribution >= 0.6 is 0 Å². The van der Waals surface area contributed by atoms with Crippen LogP contribution < -0.4 is 0 Å². The first-order valence-electron chi connectivity index (χ1n) is 3.35. The topological polar surface area (TPSA) is 37.3 Å². The summed E-state index contributed by atoms with van der Waals surface area (Å²) in [5, 5.41) is 8.91. The number of rotatable bonds is 4. The maximum atomic E-state index is 10.2. The first-order valence-corrected chi connectivity index (χ1v) is 3.35. The Kier molecular flexibility index (Phi) is 4.32. The van der Waals surface area contributed by atoms with E-state index in [2.05, 4.69) is 0 Å². The first kappa shape index (κ1) is 8.63. The van der Waals surface area contributed by atoms with E-state index in [1.54, 1.807) is 6.92 Å². The fraction of sp³-hybridized carbons (Fsp3) is 0.857. The molecule has 2 heteroatoms. The van der Waals surface area contributed by atoms with Crippen LogP contribution in [0.15, 0.2) is 0 Å². The number of carbonyl (C=O) groups excluding carboxylic acids is 1. The van der Waals surface area contributed by atoms with Gasteiger partial charge in [-0.1, -0.05) is 13.3 Å². The molecule has 0 aromatic heterocycles. The van der Waals surface area contributed by atoms with E-state index in [1.807, 2.05) is 6.92 Å². The van der Waals surface area contributed by atoms with E-state index < -0.39 is 6.10 Å². The van der Waals surface area contributed by atoms with Gasteiger partial charge in [0.25, 0.3) is 0 Å². The third-order valence-corrected chi connectivity index (χ3v) is 1.42. The number of aldehydes is 1. The minimum absolute atomic E-state index is 0.157. The summed E-state index contributed by atoms with van der Waals surface area (Å²) in [6.07, 6.45) is 2.09. The standard InChI is InChI=1S/C7H14O2/c1-3-4-7(5-8)6(2)9/h5-7,9H,3-4H2,1-2H3/t6-,7?/m0/s1. The molecule has 2 nitrogen and oxygen atoms in total. The smallest absolute Gasteiger partial charge is 0.125 e. The predicted octanol–water partition coefficient (Wildman–Crippen LogP) is 0.982. The Morgan fingerprint density at radius 2 is 2.22 bits per heavy atom. The summed E-state index contributed by atoms with van der Waals surface area (Å²) >= 11 is 0. The van der Waals surface area contributed by atoms with Crippen molar-refractivity contribution in [2.75, 3.05) is 0 Å². The molecule has 0 saturated carbocycles. The molecule has 1 unspecified atom stereocenters. The highest BCUT2D eigenvalue weighted by Crippen LogP contribution is 2.07. The maximum absolute atomic E-state index is 10.2. The Hall–Kier alpha value is -0.370. The highest BCUT2D eigenvalue weighted by atomic mass is 16.3. The lowest BCUT2D eigenvalue weighted by Gasteiger charge is -2.10. The molecule has 0 aromatic carbocycles. The van der Waals surface area contributed by atoms with Crippen LogP contribution in [0.4, 0.5) is 0 Å². The zero-order chi connectivity index (χ0) is 7.28. The van der Waals surface area contributed by atoms with E-state index in [4.69, 9.17) is 5.11 Å². The summed E-state index contributed by atoms with van der Waals surface area (Å²) < 4.78 is 0. The lowest BCUT2D eigenvalue weighted by molar-refractivity contribution is -0.114. The van der Waals surface area contributed by atoms with Gasteiger partial charge in [-0.15, -0.1) is 0 Å². The van der Waals surface area contributed by atoms with E-state index in [0.717, 1.165) is 19.1 Å². The van der Waals surface area contributed by atoms with Gasteiger partial charge in [0.15, 0.2) is 0 Å². The summed E-state index contributed by atoms with van der Waals surface area (Å²) in [4.78, 5) is 10.2. The molecule has 1 N–H and O–H groups in total. The molecule has 0 amide bonds. The molecule has 0 aliphatic carbocycles. The van der Waals surface area contributed by atoms with Crippen molar-refractivity contribution >= 4 is 6.29 Å². The van der Waals surface area contributed by atoms with Crippen LogP contribution in [0.1, 0.15) is 26.7 Å². The van der Waals surface area contributed by atoms with Gasteiger partial charge in [-0.2, -0.15) is 0 Å². The molecule has 0 heterocycles. The van der Waals surface area contributed by atoms with Crippen LogP contribution in [-0.2, 0) is 4.79 Å². The number of hydrogen-bond acceptors (Lipinski definition) is 2. The second kappa shape index (κ2) is 4.50. The van der Waals surface area contributed by atoms with Gasteiger partial charge in [0, 0.05) is 5.92 Å². The fourth-order valence-electron chi connectivity index (χ4n) is 0.756. The van der Waals surface area contributed by atoms with Gasteiger partial charge in [-0.05, 0) is 13.3 Å². The number of hydrogen-bond donors (Lipinski definition) is 1. The molecule has 0 radical (unpaired) electrons. The number of carbonyl (C=O) groups is 1. The number of aliphatic hydroxyl groups excluding tert-OH is 1. The van der Waals surface area contributed by atoms with E-state index in [0.29, 0.717) is 0 Å². The molecule has 0 saturated heterocycles. The van der Waals surface area contributed by atoms with Crippen molar-refractivity contribution in [3.63, 3.8) is 0 Å². The normalized spacial score (nSPS) is 16.8. The van der Waals surface area contributed by atoms with Gasteiger partial charge in [-0.25, -0.2) is 0 Å². The predicted molar refractivity (Wildman–Crippen MR) is 36.1 cm³/mol. The van der Waals surface area contributed by atoms with Crippen LogP contribution in [0, 0.1) is 5.92 Å². The van der Waals surface area contributed by atoms with Gasteiger partial charge >= 0.3 is 0 Å². The van der Waals surface area contributed by atoms with Gasteiger partial charge in [0.2, 0.25) is 0 Å². The van der Waals surface area contributed by atoms with Crippen molar-refractivity contribution in [3.05, 3.63) is 0 Å². The Labute approximate surface area is 55.9 Å². The highest BCUT2D eigenvalue weighted by molar-refractivity contribution is 5.54. The molecule has 0 aromatic rings.